The van der Waals surface area contributed by atoms with E-state index < -0.39 is 0 Å². The molecule has 0 unspecified atom stereocenters. The monoisotopic (exact) mass is 465 g/mol. The molecule has 0 amide bonds. The second-order valence-electron chi connectivity index (χ2n) is 5.98. The van der Waals surface area contributed by atoms with Crippen LogP contribution in [0.25, 0.3) is 0 Å². The van der Waals surface area contributed by atoms with Gasteiger partial charge in [0, 0.05) is 25.3 Å². The van der Waals surface area contributed by atoms with Crippen LogP contribution in [-0.4, -0.2) is 45.6 Å². The van der Waals surface area contributed by atoms with Crippen molar-refractivity contribution in [2.24, 2.45) is 4.99 Å². The van der Waals surface area contributed by atoms with Gasteiger partial charge in [-0.05, 0) is 37.0 Å². The van der Waals surface area contributed by atoms with Crippen molar-refractivity contribution in [2.75, 3.05) is 33.6 Å². The lowest BCUT2D eigenvalue weighted by Gasteiger charge is -2.21. The number of halogens is 2. The summed E-state index contributed by atoms with van der Waals surface area (Å²) in [4.78, 5) is 4.47. The molecule has 1 saturated carbocycles. The van der Waals surface area contributed by atoms with Gasteiger partial charge in [0.25, 0.3) is 0 Å². The summed E-state index contributed by atoms with van der Waals surface area (Å²) in [6.07, 6.45) is 3.00. The zero-order valence-electron chi connectivity index (χ0n) is 14.3. The van der Waals surface area contributed by atoms with Gasteiger partial charge < -0.3 is 24.8 Å². The molecule has 0 saturated heterocycles. The summed E-state index contributed by atoms with van der Waals surface area (Å²) in [7, 11) is 1.66. The van der Waals surface area contributed by atoms with Crippen LogP contribution >= 0.6 is 24.0 Å². The van der Waals surface area contributed by atoms with Crippen LogP contribution in [0.15, 0.2) is 17.1 Å². The van der Waals surface area contributed by atoms with Crippen molar-refractivity contribution in [2.45, 2.75) is 31.9 Å². The van der Waals surface area contributed by atoms with E-state index in [2.05, 4.69) is 15.6 Å². The van der Waals surface area contributed by atoms with Gasteiger partial charge in [0.2, 0.25) is 0 Å². The first-order valence-corrected chi connectivity index (χ1v) is 8.32. The molecule has 140 valence electrons. The first-order valence-electron chi connectivity index (χ1n) is 8.32. The normalized spacial score (nSPS) is 16.5. The van der Waals surface area contributed by atoms with Gasteiger partial charge in [0.05, 0.1) is 19.8 Å². The quantitative estimate of drug-likeness (QED) is 0.280. The van der Waals surface area contributed by atoms with Crippen LogP contribution in [0, 0.1) is 5.82 Å². The molecule has 0 spiro atoms. The molecule has 0 bridgehead atoms. The molecular weight excluding hydrogens is 440 g/mol. The molecule has 0 atom stereocenters. The van der Waals surface area contributed by atoms with E-state index in [1.807, 2.05) is 0 Å². The van der Waals surface area contributed by atoms with Gasteiger partial charge >= 0.3 is 0 Å². The number of fused-ring (bicyclic) bond motifs is 1. The highest BCUT2D eigenvalue weighted by atomic mass is 127. The van der Waals surface area contributed by atoms with E-state index in [-0.39, 0.29) is 36.6 Å². The summed E-state index contributed by atoms with van der Waals surface area (Å²) in [5.74, 6) is 1.27. The molecule has 8 heteroatoms. The van der Waals surface area contributed by atoms with Crippen molar-refractivity contribution < 1.29 is 18.6 Å². The predicted octanol–water partition coefficient (Wildman–Crippen LogP) is 2.20. The van der Waals surface area contributed by atoms with Crippen molar-refractivity contribution in [3.8, 4) is 5.75 Å². The third kappa shape index (κ3) is 6.27. The standard InChI is InChI=1S/C17H24FN3O3.HI/c1-22-7-6-20-17(21-15-2-3-15)19-5-4-12-8-14(18)9-13-10-23-11-24-16(12)13;/h8-9,15H,2-7,10-11H2,1H3,(H2,19,20,21);1H. The maximum Gasteiger partial charge on any atom is 0.191 e. The SMILES string of the molecule is COCCN=C(NCCc1cc(F)cc2c1OCOC2)NC1CC1.I. The molecule has 3 rings (SSSR count). The highest BCUT2D eigenvalue weighted by Gasteiger charge is 2.22. The van der Waals surface area contributed by atoms with Crippen molar-refractivity contribution in [1.82, 2.24) is 10.6 Å². The van der Waals surface area contributed by atoms with Gasteiger partial charge in [0.1, 0.15) is 11.6 Å². The van der Waals surface area contributed by atoms with E-state index in [4.69, 9.17) is 14.2 Å². The number of nitrogens with zero attached hydrogens (tertiary/aromatic N) is 1. The molecule has 0 aromatic heterocycles. The Bertz CT molecular complexity index is 597. The Morgan fingerprint density at radius 2 is 2.24 bits per heavy atom. The van der Waals surface area contributed by atoms with Gasteiger partial charge in [-0.1, -0.05) is 0 Å². The van der Waals surface area contributed by atoms with Crippen LogP contribution in [0.4, 0.5) is 4.39 Å². The maximum atomic E-state index is 13.7. The largest absolute Gasteiger partial charge is 0.467 e. The van der Waals surface area contributed by atoms with E-state index in [9.17, 15) is 4.39 Å². The zero-order chi connectivity index (χ0) is 16.8. The minimum Gasteiger partial charge on any atom is -0.467 e. The summed E-state index contributed by atoms with van der Waals surface area (Å²) in [5, 5.41) is 6.67. The fraction of sp³-hybridized carbons (Fsp3) is 0.588. The topological polar surface area (TPSA) is 64.1 Å². The number of aliphatic imine (C=N–C) groups is 1. The Balaban J connectivity index is 0.00000225. The van der Waals surface area contributed by atoms with Crippen LogP contribution in [0.1, 0.15) is 24.0 Å². The highest BCUT2D eigenvalue weighted by molar-refractivity contribution is 14.0. The van der Waals surface area contributed by atoms with Crippen LogP contribution in [-0.2, 0) is 22.5 Å². The third-order valence-electron chi connectivity index (χ3n) is 3.92. The van der Waals surface area contributed by atoms with Crippen LogP contribution < -0.4 is 15.4 Å². The smallest absolute Gasteiger partial charge is 0.191 e. The second-order valence-corrected chi connectivity index (χ2v) is 5.98. The molecule has 6 nitrogen and oxygen atoms in total. The fourth-order valence-corrected chi connectivity index (χ4v) is 2.58. The Morgan fingerprint density at radius 3 is 3.00 bits per heavy atom. The lowest BCUT2D eigenvalue weighted by atomic mass is 10.1. The maximum absolute atomic E-state index is 13.7. The van der Waals surface area contributed by atoms with Crippen molar-refractivity contribution >= 4 is 29.9 Å². The number of methoxy groups -OCH3 is 1. The Kier molecular flexibility index (Phi) is 8.17. The molecule has 0 radical (unpaired) electrons. The molecule has 1 aliphatic heterocycles. The average Bonchev–Trinajstić information content (AvgIpc) is 3.38. The molecule has 1 aromatic rings. The molecular formula is C17H25FIN3O3. The van der Waals surface area contributed by atoms with Gasteiger partial charge in [-0.15, -0.1) is 24.0 Å². The minimum atomic E-state index is -0.261. The number of rotatable bonds is 7. The van der Waals surface area contributed by atoms with E-state index in [1.54, 1.807) is 7.11 Å². The lowest BCUT2D eigenvalue weighted by Crippen LogP contribution is -2.40. The van der Waals surface area contributed by atoms with Crippen LogP contribution in [0.3, 0.4) is 0 Å². The average molecular weight is 465 g/mol. The van der Waals surface area contributed by atoms with E-state index in [1.165, 1.54) is 25.0 Å². The molecule has 1 heterocycles. The van der Waals surface area contributed by atoms with Crippen LogP contribution in [0.5, 0.6) is 5.75 Å². The third-order valence-corrected chi connectivity index (χ3v) is 3.92. The molecule has 2 N–H and O–H groups in total. The van der Waals surface area contributed by atoms with Crippen LogP contribution in [0.2, 0.25) is 0 Å². The number of hydrogen-bond acceptors (Lipinski definition) is 4. The van der Waals surface area contributed by atoms with Crippen molar-refractivity contribution in [3.63, 3.8) is 0 Å². The highest BCUT2D eigenvalue weighted by Crippen LogP contribution is 2.29. The fourth-order valence-electron chi connectivity index (χ4n) is 2.58. The number of guanidine groups is 1. The van der Waals surface area contributed by atoms with E-state index in [0.29, 0.717) is 38.8 Å². The Labute approximate surface area is 164 Å². The first kappa shape index (κ1) is 20.2. The minimum absolute atomic E-state index is 0. The predicted molar refractivity (Wildman–Crippen MR) is 104 cm³/mol. The van der Waals surface area contributed by atoms with E-state index in [0.717, 1.165) is 22.8 Å². The molecule has 25 heavy (non-hydrogen) atoms. The summed E-state index contributed by atoms with van der Waals surface area (Å²) >= 11 is 0. The molecule has 1 aromatic carbocycles. The molecule has 1 aliphatic carbocycles. The summed E-state index contributed by atoms with van der Waals surface area (Å²) < 4.78 is 29.5. The van der Waals surface area contributed by atoms with Crippen molar-refractivity contribution in [3.05, 3.63) is 29.1 Å². The van der Waals surface area contributed by atoms with Gasteiger partial charge in [-0.2, -0.15) is 0 Å². The number of ether oxygens (including phenoxy) is 3. The van der Waals surface area contributed by atoms with Crippen molar-refractivity contribution in [1.29, 1.82) is 0 Å². The number of hydrogen-bond donors (Lipinski definition) is 2. The van der Waals surface area contributed by atoms with Gasteiger partial charge in [0.15, 0.2) is 12.8 Å². The second kappa shape index (κ2) is 10.1. The summed E-state index contributed by atoms with van der Waals surface area (Å²) in [6, 6.07) is 3.51. The van der Waals surface area contributed by atoms with Gasteiger partial charge in [-0.25, -0.2) is 4.39 Å². The first-order chi connectivity index (χ1) is 11.8. The number of benzene rings is 1. The summed E-state index contributed by atoms with van der Waals surface area (Å²) in [6.45, 7) is 2.44. The molecule has 1 fully saturated rings. The number of nitrogens with one attached hydrogen (secondary N) is 2. The van der Waals surface area contributed by atoms with E-state index >= 15 is 0 Å². The molecule has 2 aliphatic rings. The Hall–Kier alpha value is -1.13. The Morgan fingerprint density at radius 1 is 1.40 bits per heavy atom. The zero-order valence-corrected chi connectivity index (χ0v) is 16.7. The van der Waals surface area contributed by atoms with Gasteiger partial charge in [-0.3, -0.25) is 4.99 Å². The summed E-state index contributed by atoms with van der Waals surface area (Å²) in [5.41, 5.74) is 1.62. The lowest BCUT2D eigenvalue weighted by molar-refractivity contribution is -0.0172.